The van der Waals surface area contributed by atoms with Crippen LogP contribution in [0.25, 0.3) is 0 Å². The molecule has 0 fully saturated rings. The summed E-state index contributed by atoms with van der Waals surface area (Å²) < 4.78 is 30.7. The molecule has 0 bridgehead atoms. The van der Waals surface area contributed by atoms with E-state index in [0.717, 1.165) is 83.5 Å². The van der Waals surface area contributed by atoms with Crippen LogP contribution < -0.4 is 5.32 Å². The lowest BCUT2D eigenvalue weighted by atomic mass is 10.0. The van der Waals surface area contributed by atoms with Crippen molar-refractivity contribution in [1.82, 2.24) is 5.32 Å². The van der Waals surface area contributed by atoms with Crippen LogP contribution in [-0.2, 0) is 27.9 Å². The molecule has 0 aliphatic carbocycles. The van der Waals surface area contributed by atoms with Gasteiger partial charge in [-0.1, -0.05) is 250 Å². The Hall–Kier alpha value is -2.03. The summed E-state index contributed by atoms with van der Waals surface area (Å²) >= 11 is 0. The second-order valence-corrected chi connectivity index (χ2v) is 23.3. The van der Waals surface area contributed by atoms with Crippen molar-refractivity contribution < 1.29 is 37.3 Å². The van der Waals surface area contributed by atoms with Crippen molar-refractivity contribution in [2.24, 2.45) is 0 Å². The van der Waals surface area contributed by atoms with Gasteiger partial charge in [0.1, 0.15) is 19.3 Å². The number of esters is 1. The first-order valence-corrected chi connectivity index (χ1v) is 32.0. The third kappa shape index (κ3) is 52.8. The number of allylic oxidation sites excluding steroid dienone is 7. The molecular weight excluding hydrogens is 916 g/mol. The number of quaternary nitrogens is 1. The molecule has 1 amide bonds. The van der Waals surface area contributed by atoms with Crippen molar-refractivity contribution >= 4 is 19.7 Å². The van der Waals surface area contributed by atoms with Crippen LogP contribution >= 0.6 is 7.82 Å². The molecule has 422 valence electrons. The van der Waals surface area contributed by atoms with Gasteiger partial charge in [0.15, 0.2) is 0 Å². The van der Waals surface area contributed by atoms with Crippen LogP contribution in [-0.4, -0.2) is 74.3 Å². The number of carbonyl (C=O) groups is 2. The molecule has 0 saturated carbocycles. The van der Waals surface area contributed by atoms with E-state index in [-0.39, 0.29) is 25.1 Å². The molecule has 0 rings (SSSR count). The van der Waals surface area contributed by atoms with Gasteiger partial charge in [-0.3, -0.25) is 18.6 Å². The van der Waals surface area contributed by atoms with Gasteiger partial charge in [0.05, 0.1) is 33.8 Å². The van der Waals surface area contributed by atoms with E-state index in [4.69, 9.17) is 13.8 Å². The highest BCUT2D eigenvalue weighted by Gasteiger charge is 2.30. The number of nitrogens with one attached hydrogen (secondary N) is 1. The average molecular weight is 1030 g/mol. The summed E-state index contributed by atoms with van der Waals surface area (Å²) in [5.41, 5.74) is 0. The Morgan fingerprint density at radius 2 is 0.847 bits per heavy atom. The zero-order chi connectivity index (χ0) is 52.9. The van der Waals surface area contributed by atoms with Crippen molar-refractivity contribution in [2.75, 3.05) is 40.9 Å². The molecule has 72 heavy (non-hydrogen) atoms. The number of carbonyl (C=O) groups excluding carboxylic acids is 2. The SMILES string of the molecule is CCCCC/C=C\C/C=C\C/C=C\CCCCCCCCC(=O)NC(COP(=O)(O)OCC[N+](C)(C)C)C(/C=C\CCCCCCCCCCCCC)OC(=O)CCCCCCCCCCCCCCCC. The molecule has 0 aliphatic rings. The number of hydrogen-bond acceptors (Lipinski definition) is 6. The van der Waals surface area contributed by atoms with E-state index >= 15 is 0 Å². The van der Waals surface area contributed by atoms with Gasteiger partial charge < -0.3 is 19.4 Å². The summed E-state index contributed by atoms with van der Waals surface area (Å²) in [6.45, 7) is 7.00. The number of phosphoric acid groups is 1. The Kier molecular flexibility index (Phi) is 50.9. The van der Waals surface area contributed by atoms with Crippen molar-refractivity contribution in [1.29, 1.82) is 0 Å². The molecule has 3 atom stereocenters. The Balaban J connectivity index is 5.32. The van der Waals surface area contributed by atoms with Crippen LogP contribution in [0, 0.1) is 0 Å². The second kappa shape index (κ2) is 52.4. The summed E-state index contributed by atoms with van der Waals surface area (Å²) in [5, 5.41) is 3.05. The van der Waals surface area contributed by atoms with Crippen LogP contribution in [0.3, 0.4) is 0 Å². The standard InChI is InChI=1S/C62H117N2O7P/c1-7-10-13-16-19-22-25-28-30-31-32-33-34-36-39-42-45-48-51-54-61(65)63-59(58-70-72(67,68)69-57-56-64(4,5)6)60(53-50-47-44-41-38-35-27-24-21-18-15-12-9-3)71-62(66)55-52-49-46-43-40-37-29-26-23-20-17-14-11-8-2/h19,22,28,30,32-33,50,53,59-60H,7-18,20-21,23-27,29,31,34-49,51-52,54-58H2,1-6H3,(H-,63,65,67,68)/p+1/b22-19-,30-28-,33-32-,53-50-. The summed E-state index contributed by atoms with van der Waals surface area (Å²) in [4.78, 5) is 37.7. The molecule has 0 heterocycles. The Labute approximate surface area is 446 Å². The minimum atomic E-state index is -4.45. The number of phosphoric ester groups is 1. The molecular formula is C62H118N2O7P+. The highest BCUT2D eigenvalue weighted by Crippen LogP contribution is 2.43. The van der Waals surface area contributed by atoms with Crippen molar-refractivity contribution in [2.45, 2.75) is 296 Å². The van der Waals surface area contributed by atoms with Crippen LogP contribution in [0.1, 0.15) is 284 Å². The van der Waals surface area contributed by atoms with E-state index < -0.39 is 20.0 Å². The molecule has 0 aliphatic heterocycles. The maximum atomic E-state index is 13.5. The maximum Gasteiger partial charge on any atom is 0.472 e. The predicted molar refractivity (Wildman–Crippen MR) is 309 cm³/mol. The van der Waals surface area contributed by atoms with Crippen LogP contribution in [0.5, 0.6) is 0 Å². The van der Waals surface area contributed by atoms with Gasteiger partial charge in [-0.25, -0.2) is 4.57 Å². The Morgan fingerprint density at radius 1 is 0.486 bits per heavy atom. The first kappa shape index (κ1) is 70.0. The van der Waals surface area contributed by atoms with Gasteiger partial charge in [-0.05, 0) is 70.3 Å². The number of nitrogens with zero attached hydrogens (tertiary/aromatic N) is 1. The van der Waals surface area contributed by atoms with Gasteiger partial charge in [0, 0.05) is 12.8 Å². The molecule has 0 aromatic carbocycles. The summed E-state index contributed by atoms with van der Waals surface area (Å²) in [7, 11) is 1.49. The molecule has 10 heteroatoms. The number of hydrogen-bond donors (Lipinski definition) is 2. The van der Waals surface area contributed by atoms with Crippen LogP contribution in [0.2, 0.25) is 0 Å². The van der Waals surface area contributed by atoms with E-state index in [2.05, 4.69) is 62.5 Å². The average Bonchev–Trinajstić information content (AvgIpc) is 3.34. The van der Waals surface area contributed by atoms with Gasteiger partial charge in [0.2, 0.25) is 5.91 Å². The smallest absolute Gasteiger partial charge is 0.456 e. The largest absolute Gasteiger partial charge is 0.472 e. The second-order valence-electron chi connectivity index (χ2n) is 21.9. The van der Waals surface area contributed by atoms with Crippen molar-refractivity contribution in [3.8, 4) is 0 Å². The maximum absolute atomic E-state index is 13.5. The van der Waals surface area contributed by atoms with Crippen molar-refractivity contribution in [3.63, 3.8) is 0 Å². The number of rotatable bonds is 55. The number of likely N-dealkylation sites (N-methyl/N-ethyl adjacent to an activating group) is 1. The van der Waals surface area contributed by atoms with E-state index in [1.54, 1.807) is 0 Å². The van der Waals surface area contributed by atoms with Crippen molar-refractivity contribution in [3.05, 3.63) is 48.6 Å². The molecule has 2 N–H and O–H groups in total. The van der Waals surface area contributed by atoms with Gasteiger partial charge in [0.25, 0.3) is 0 Å². The van der Waals surface area contributed by atoms with E-state index in [1.807, 2.05) is 33.3 Å². The minimum Gasteiger partial charge on any atom is -0.456 e. The first-order valence-electron chi connectivity index (χ1n) is 30.5. The molecule has 0 radical (unpaired) electrons. The molecule has 0 aromatic heterocycles. The lowest BCUT2D eigenvalue weighted by Gasteiger charge is -2.27. The Morgan fingerprint density at radius 3 is 1.29 bits per heavy atom. The molecule has 9 nitrogen and oxygen atoms in total. The normalized spacial score (nSPS) is 14.0. The zero-order valence-corrected chi connectivity index (χ0v) is 49.1. The highest BCUT2D eigenvalue weighted by atomic mass is 31.2. The van der Waals surface area contributed by atoms with Gasteiger partial charge in [-0.15, -0.1) is 0 Å². The van der Waals surface area contributed by atoms with Crippen LogP contribution in [0.4, 0.5) is 0 Å². The van der Waals surface area contributed by atoms with E-state index in [9.17, 15) is 19.0 Å². The van der Waals surface area contributed by atoms with E-state index in [1.165, 1.54) is 167 Å². The molecule has 3 unspecified atom stereocenters. The zero-order valence-electron chi connectivity index (χ0n) is 48.2. The fraction of sp³-hybridized carbons (Fsp3) is 0.839. The number of amides is 1. The summed E-state index contributed by atoms with van der Waals surface area (Å²) in [6.07, 6.45) is 63.8. The lowest BCUT2D eigenvalue weighted by Crippen LogP contribution is -2.47. The molecule has 0 saturated heterocycles. The van der Waals surface area contributed by atoms with E-state index in [0.29, 0.717) is 23.9 Å². The lowest BCUT2D eigenvalue weighted by molar-refractivity contribution is -0.870. The van der Waals surface area contributed by atoms with Gasteiger partial charge in [-0.2, -0.15) is 0 Å². The number of unbranched alkanes of at least 4 members (excludes halogenated alkanes) is 33. The molecule has 0 aromatic rings. The van der Waals surface area contributed by atoms with Gasteiger partial charge >= 0.3 is 13.8 Å². The minimum absolute atomic E-state index is 0.0383. The monoisotopic (exact) mass is 1030 g/mol. The quantitative estimate of drug-likeness (QED) is 0.0205. The third-order valence-corrected chi connectivity index (χ3v) is 14.5. The Bertz CT molecular complexity index is 1380. The third-order valence-electron chi connectivity index (χ3n) is 13.5. The number of ether oxygens (including phenoxy) is 1. The topological polar surface area (TPSA) is 111 Å². The fourth-order valence-electron chi connectivity index (χ4n) is 8.77. The first-order chi connectivity index (χ1) is 34.9. The predicted octanol–water partition coefficient (Wildman–Crippen LogP) is 18.5. The molecule has 0 spiro atoms. The summed E-state index contributed by atoms with van der Waals surface area (Å²) in [5.74, 6) is -0.510. The van der Waals surface area contributed by atoms with Crippen LogP contribution in [0.15, 0.2) is 48.6 Å². The highest BCUT2D eigenvalue weighted by molar-refractivity contribution is 7.47. The fourth-order valence-corrected chi connectivity index (χ4v) is 9.51. The summed E-state index contributed by atoms with van der Waals surface area (Å²) in [6, 6.07) is -0.852.